The van der Waals surface area contributed by atoms with Crippen molar-refractivity contribution in [1.29, 1.82) is 0 Å². The fraction of sp³-hybridized carbons (Fsp3) is 0.300. The van der Waals surface area contributed by atoms with Crippen LogP contribution < -0.4 is 0 Å². The fourth-order valence-electron chi connectivity index (χ4n) is 1.35. The number of aryl methyl sites for hydroxylation is 1. The Hall–Kier alpha value is -1.07. The molecule has 88 valence electrons. The van der Waals surface area contributed by atoms with Crippen LogP contribution in [0.25, 0.3) is 0 Å². The molecule has 16 heavy (non-hydrogen) atoms. The minimum absolute atomic E-state index is 0.0307. The summed E-state index contributed by atoms with van der Waals surface area (Å²) >= 11 is 0. The molecule has 0 saturated carbocycles. The molecule has 1 aromatic rings. The van der Waals surface area contributed by atoms with E-state index in [1.165, 1.54) is 6.07 Å². The van der Waals surface area contributed by atoms with Crippen LogP contribution in [-0.4, -0.2) is 21.0 Å². The van der Waals surface area contributed by atoms with Gasteiger partial charge >= 0.3 is 5.97 Å². The van der Waals surface area contributed by atoms with Crippen LogP contribution in [0.2, 0.25) is 0 Å². The number of esters is 1. The Bertz CT molecular complexity index is 508. The first-order valence-electron chi connectivity index (χ1n) is 4.59. The first-order valence-corrected chi connectivity index (χ1v) is 6.90. The number of hydrogen-bond donors (Lipinski definition) is 0. The topological polar surface area (TPSA) is 60.4 Å². The van der Waals surface area contributed by atoms with E-state index in [0.717, 1.165) is 0 Å². The third-order valence-corrected chi connectivity index (χ3v) is 3.44. The van der Waals surface area contributed by atoms with Crippen molar-refractivity contribution < 1.29 is 17.9 Å². The van der Waals surface area contributed by atoms with Crippen molar-refractivity contribution in [2.75, 3.05) is 6.61 Å². The predicted molar refractivity (Wildman–Crippen MR) is 60.2 cm³/mol. The Balaban J connectivity index is 3.41. The largest absolute Gasteiger partial charge is 0.462 e. The van der Waals surface area contributed by atoms with Gasteiger partial charge in [0.25, 0.3) is 9.05 Å². The summed E-state index contributed by atoms with van der Waals surface area (Å²) in [5.41, 5.74) is 0.386. The second kappa shape index (κ2) is 4.84. The molecule has 0 atom stereocenters. The van der Waals surface area contributed by atoms with Crippen LogP contribution in [0.5, 0.6) is 0 Å². The molecule has 0 N–H and O–H groups in total. The van der Waals surface area contributed by atoms with E-state index in [2.05, 4.69) is 0 Å². The highest BCUT2D eigenvalue weighted by Gasteiger charge is 2.23. The van der Waals surface area contributed by atoms with Gasteiger partial charge in [0.2, 0.25) is 0 Å². The lowest BCUT2D eigenvalue weighted by molar-refractivity contribution is 0.0521. The Labute approximate surface area is 98.6 Å². The lowest BCUT2D eigenvalue weighted by atomic mass is 10.1. The van der Waals surface area contributed by atoms with Gasteiger partial charge in [0.15, 0.2) is 0 Å². The normalized spacial score (nSPS) is 11.2. The van der Waals surface area contributed by atoms with Gasteiger partial charge in [-0.1, -0.05) is 12.1 Å². The summed E-state index contributed by atoms with van der Waals surface area (Å²) in [6, 6.07) is 4.52. The second-order valence-corrected chi connectivity index (χ2v) is 5.61. The molecule has 0 aliphatic rings. The summed E-state index contributed by atoms with van der Waals surface area (Å²) in [7, 11) is 1.32. The maximum atomic E-state index is 11.5. The average molecular weight is 263 g/mol. The Morgan fingerprint density at radius 3 is 2.56 bits per heavy atom. The summed E-state index contributed by atoms with van der Waals surface area (Å²) in [5.74, 6) is -0.689. The standard InChI is InChI=1S/C10H11ClO4S/c1-3-15-10(12)8-6-4-5-7(2)9(8)16(11,13)14/h4-6H,3H2,1-2H3. The van der Waals surface area contributed by atoms with Gasteiger partial charge in [0.05, 0.1) is 17.1 Å². The third kappa shape index (κ3) is 2.74. The maximum Gasteiger partial charge on any atom is 0.339 e. The summed E-state index contributed by atoms with van der Waals surface area (Å²) in [6.45, 7) is 3.38. The van der Waals surface area contributed by atoms with Crippen LogP contribution in [-0.2, 0) is 13.8 Å². The zero-order chi connectivity index (χ0) is 12.3. The molecule has 6 heteroatoms. The second-order valence-electron chi connectivity index (χ2n) is 3.11. The van der Waals surface area contributed by atoms with Crippen molar-refractivity contribution >= 4 is 25.7 Å². The zero-order valence-electron chi connectivity index (χ0n) is 8.86. The molecule has 0 unspecified atom stereocenters. The van der Waals surface area contributed by atoms with Crippen molar-refractivity contribution in [3.8, 4) is 0 Å². The van der Waals surface area contributed by atoms with Crippen molar-refractivity contribution in [2.45, 2.75) is 18.7 Å². The van der Waals surface area contributed by atoms with Crippen LogP contribution in [0.4, 0.5) is 0 Å². The zero-order valence-corrected chi connectivity index (χ0v) is 10.4. The van der Waals surface area contributed by atoms with Gasteiger partial charge in [-0.2, -0.15) is 0 Å². The van der Waals surface area contributed by atoms with Crippen molar-refractivity contribution in [1.82, 2.24) is 0 Å². The molecule has 0 saturated heterocycles. The highest BCUT2D eigenvalue weighted by Crippen LogP contribution is 2.24. The number of hydrogen-bond acceptors (Lipinski definition) is 4. The average Bonchev–Trinajstić information content (AvgIpc) is 2.15. The van der Waals surface area contributed by atoms with E-state index in [0.29, 0.717) is 5.56 Å². The van der Waals surface area contributed by atoms with Crippen molar-refractivity contribution in [3.05, 3.63) is 29.3 Å². The predicted octanol–water partition coefficient (Wildman–Crippen LogP) is 2.10. The van der Waals surface area contributed by atoms with Crippen molar-refractivity contribution in [3.63, 3.8) is 0 Å². The number of rotatable bonds is 3. The summed E-state index contributed by atoms with van der Waals surface area (Å²) in [4.78, 5) is 11.3. The Morgan fingerprint density at radius 1 is 1.44 bits per heavy atom. The molecule has 1 aromatic carbocycles. The first-order chi connectivity index (χ1) is 7.38. The monoisotopic (exact) mass is 262 g/mol. The molecule has 4 nitrogen and oxygen atoms in total. The number of benzene rings is 1. The number of ether oxygens (including phenoxy) is 1. The molecule has 0 aliphatic heterocycles. The van der Waals surface area contributed by atoms with Crippen LogP contribution in [0.15, 0.2) is 23.1 Å². The van der Waals surface area contributed by atoms with E-state index < -0.39 is 15.0 Å². The van der Waals surface area contributed by atoms with Gasteiger partial charge in [-0.3, -0.25) is 0 Å². The van der Waals surface area contributed by atoms with Crippen LogP contribution >= 0.6 is 10.7 Å². The highest BCUT2D eigenvalue weighted by atomic mass is 35.7. The molecule has 0 heterocycles. The lowest BCUT2D eigenvalue weighted by Gasteiger charge is -2.08. The van der Waals surface area contributed by atoms with E-state index in [-0.39, 0.29) is 17.1 Å². The van der Waals surface area contributed by atoms with Gasteiger partial charge in [0.1, 0.15) is 0 Å². The van der Waals surface area contributed by atoms with E-state index in [4.69, 9.17) is 15.4 Å². The molecule has 0 aliphatic carbocycles. The number of carbonyl (C=O) groups excluding carboxylic acids is 1. The van der Waals surface area contributed by atoms with Crippen LogP contribution in [0.3, 0.4) is 0 Å². The van der Waals surface area contributed by atoms with Crippen molar-refractivity contribution in [2.24, 2.45) is 0 Å². The minimum Gasteiger partial charge on any atom is -0.462 e. The van der Waals surface area contributed by atoms with Gasteiger partial charge in [-0.15, -0.1) is 0 Å². The quantitative estimate of drug-likeness (QED) is 0.618. The van der Waals surface area contributed by atoms with E-state index in [1.807, 2.05) is 0 Å². The van der Waals surface area contributed by atoms with Crippen LogP contribution in [0, 0.1) is 6.92 Å². The highest BCUT2D eigenvalue weighted by molar-refractivity contribution is 8.13. The molecule has 0 aromatic heterocycles. The Kier molecular flexibility index (Phi) is 3.93. The van der Waals surface area contributed by atoms with E-state index in [9.17, 15) is 13.2 Å². The molecule has 0 bridgehead atoms. The maximum absolute atomic E-state index is 11.5. The van der Waals surface area contributed by atoms with Gasteiger partial charge < -0.3 is 4.74 Å². The first kappa shape index (κ1) is 13.0. The fourth-order valence-corrected chi connectivity index (χ4v) is 2.83. The molecule has 0 fully saturated rings. The third-order valence-electron chi connectivity index (χ3n) is 1.95. The summed E-state index contributed by atoms with van der Waals surface area (Å²) < 4.78 is 27.4. The minimum atomic E-state index is -3.96. The molecule has 0 spiro atoms. The van der Waals surface area contributed by atoms with Gasteiger partial charge in [-0.05, 0) is 25.5 Å². The van der Waals surface area contributed by atoms with E-state index >= 15 is 0 Å². The Morgan fingerprint density at radius 2 is 2.06 bits per heavy atom. The van der Waals surface area contributed by atoms with Gasteiger partial charge in [0, 0.05) is 10.7 Å². The molecule has 0 amide bonds. The van der Waals surface area contributed by atoms with Crippen LogP contribution in [0.1, 0.15) is 22.8 Å². The molecular formula is C10H11ClO4S. The summed E-state index contributed by atoms with van der Waals surface area (Å²) in [6.07, 6.45) is 0. The lowest BCUT2D eigenvalue weighted by Crippen LogP contribution is -2.10. The summed E-state index contributed by atoms with van der Waals surface area (Å²) in [5, 5.41) is 0. The van der Waals surface area contributed by atoms with E-state index in [1.54, 1.807) is 26.0 Å². The SMILES string of the molecule is CCOC(=O)c1cccc(C)c1S(=O)(=O)Cl. The molecule has 1 rings (SSSR count). The smallest absolute Gasteiger partial charge is 0.339 e. The number of carbonyl (C=O) groups is 1. The van der Waals surface area contributed by atoms with Gasteiger partial charge in [-0.25, -0.2) is 13.2 Å². The molecule has 0 radical (unpaired) electrons. The molecular weight excluding hydrogens is 252 g/mol. The number of halogens is 1.